The highest BCUT2D eigenvalue weighted by atomic mass is 32.2. The van der Waals surface area contributed by atoms with E-state index in [2.05, 4.69) is 4.98 Å². The SMILES string of the molecule is CCOc1ccc(-c2nccn2S(C)(=O)=O)cc1. The summed E-state index contributed by atoms with van der Waals surface area (Å²) in [4.78, 5) is 4.07. The predicted molar refractivity (Wildman–Crippen MR) is 69.1 cm³/mol. The van der Waals surface area contributed by atoms with Crippen LogP contribution in [-0.2, 0) is 10.0 Å². The summed E-state index contributed by atoms with van der Waals surface area (Å²) in [5, 5.41) is 0. The molecule has 0 atom stereocenters. The smallest absolute Gasteiger partial charge is 0.237 e. The molecule has 0 spiro atoms. The second-order valence-electron chi connectivity index (χ2n) is 3.77. The van der Waals surface area contributed by atoms with E-state index in [0.29, 0.717) is 12.4 Å². The molecule has 0 amide bonds. The van der Waals surface area contributed by atoms with Gasteiger partial charge in [-0.15, -0.1) is 0 Å². The molecule has 18 heavy (non-hydrogen) atoms. The lowest BCUT2D eigenvalue weighted by atomic mass is 10.2. The lowest BCUT2D eigenvalue weighted by Crippen LogP contribution is -2.10. The molecule has 0 aliphatic heterocycles. The Hall–Kier alpha value is -1.82. The van der Waals surface area contributed by atoms with E-state index in [1.165, 1.54) is 12.4 Å². The number of benzene rings is 1. The first kappa shape index (κ1) is 12.6. The van der Waals surface area contributed by atoms with Gasteiger partial charge < -0.3 is 4.74 Å². The Morgan fingerprint density at radius 2 is 1.94 bits per heavy atom. The van der Waals surface area contributed by atoms with Crippen molar-refractivity contribution >= 4 is 10.0 Å². The highest BCUT2D eigenvalue weighted by Gasteiger charge is 2.13. The van der Waals surface area contributed by atoms with E-state index in [1.807, 2.05) is 6.92 Å². The molecular weight excluding hydrogens is 252 g/mol. The van der Waals surface area contributed by atoms with Crippen molar-refractivity contribution in [1.29, 1.82) is 0 Å². The van der Waals surface area contributed by atoms with Gasteiger partial charge in [0.05, 0.1) is 12.9 Å². The van der Waals surface area contributed by atoms with Gasteiger partial charge in [0.25, 0.3) is 0 Å². The average molecular weight is 266 g/mol. The summed E-state index contributed by atoms with van der Waals surface area (Å²) < 4.78 is 29.6. The van der Waals surface area contributed by atoms with Crippen LogP contribution in [-0.4, -0.2) is 30.2 Å². The third-order valence-electron chi connectivity index (χ3n) is 2.39. The number of nitrogens with zero attached hydrogens (tertiary/aromatic N) is 2. The molecule has 6 heteroatoms. The summed E-state index contributed by atoms with van der Waals surface area (Å²) in [6.45, 7) is 2.50. The van der Waals surface area contributed by atoms with Crippen molar-refractivity contribution < 1.29 is 13.2 Å². The van der Waals surface area contributed by atoms with Crippen molar-refractivity contribution in [3.05, 3.63) is 36.7 Å². The monoisotopic (exact) mass is 266 g/mol. The standard InChI is InChI=1S/C12H14N2O3S/c1-3-17-11-6-4-10(5-7-11)12-13-8-9-14(12)18(2,15)16/h4-9H,3H2,1-2H3. The molecule has 0 saturated heterocycles. The Bertz CT molecular complexity index is 630. The molecule has 1 aromatic heterocycles. The van der Waals surface area contributed by atoms with Crippen LogP contribution in [0.5, 0.6) is 5.75 Å². The first-order valence-corrected chi connectivity index (χ1v) is 7.34. The van der Waals surface area contributed by atoms with Gasteiger partial charge >= 0.3 is 0 Å². The zero-order valence-electron chi connectivity index (χ0n) is 10.2. The van der Waals surface area contributed by atoms with Crippen LogP contribution in [0, 0.1) is 0 Å². The number of hydrogen-bond donors (Lipinski definition) is 0. The highest BCUT2D eigenvalue weighted by molar-refractivity contribution is 7.89. The van der Waals surface area contributed by atoms with Crippen LogP contribution in [0.2, 0.25) is 0 Å². The minimum atomic E-state index is -3.34. The number of ether oxygens (including phenoxy) is 1. The van der Waals surface area contributed by atoms with E-state index in [4.69, 9.17) is 4.74 Å². The van der Waals surface area contributed by atoms with Crippen molar-refractivity contribution in [3.8, 4) is 17.1 Å². The number of imidazole rings is 1. The van der Waals surface area contributed by atoms with Gasteiger partial charge in [-0.1, -0.05) is 0 Å². The van der Waals surface area contributed by atoms with Gasteiger partial charge in [-0.05, 0) is 31.2 Å². The molecule has 0 aliphatic carbocycles. The molecule has 1 aromatic carbocycles. The molecule has 0 saturated carbocycles. The topological polar surface area (TPSA) is 61.2 Å². The van der Waals surface area contributed by atoms with Gasteiger partial charge in [0.1, 0.15) is 5.75 Å². The van der Waals surface area contributed by atoms with E-state index in [-0.39, 0.29) is 0 Å². The molecule has 1 heterocycles. The number of rotatable bonds is 4. The molecule has 0 unspecified atom stereocenters. The summed E-state index contributed by atoms with van der Waals surface area (Å²) in [7, 11) is -3.34. The zero-order chi connectivity index (χ0) is 13.2. The third kappa shape index (κ3) is 2.53. The third-order valence-corrected chi connectivity index (χ3v) is 3.40. The van der Waals surface area contributed by atoms with E-state index in [1.54, 1.807) is 24.3 Å². The van der Waals surface area contributed by atoms with Crippen LogP contribution in [0.1, 0.15) is 6.92 Å². The highest BCUT2D eigenvalue weighted by Crippen LogP contribution is 2.21. The predicted octanol–water partition coefficient (Wildman–Crippen LogP) is 1.76. The Kier molecular flexibility index (Phi) is 3.38. The largest absolute Gasteiger partial charge is 0.494 e. The van der Waals surface area contributed by atoms with Crippen LogP contribution in [0.3, 0.4) is 0 Å². The molecule has 0 N–H and O–H groups in total. The van der Waals surface area contributed by atoms with Crippen molar-refractivity contribution in [1.82, 2.24) is 8.96 Å². The zero-order valence-corrected chi connectivity index (χ0v) is 11.0. The van der Waals surface area contributed by atoms with Crippen molar-refractivity contribution in [2.75, 3.05) is 12.9 Å². The maximum atomic E-state index is 11.6. The summed E-state index contributed by atoms with van der Waals surface area (Å²) in [6, 6.07) is 7.16. The minimum absolute atomic E-state index is 0.403. The summed E-state index contributed by atoms with van der Waals surface area (Å²) in [5.41, 5.74) is 0.730. The molecule has 2 rings (SSSR count). The van der Waals surface area contributed by atoms with Crippen LogP contribution >= 0.6 is 0 Å². The molecule has 0 fully saturated rings. The fraction of sp³-hybridized carbons (Fsp3) is 0.250. The molecule has 2 aromatic rings. The summed E-state index contributed by atoms with van der Waals surface area (Å²) in [5.74, 6) is 1.15. The van der Waals surface area contributed by atoms with Gasteiger partial charge in [0.15, 0.2) is 5.82 Å². The van der Waals surface area contributed by atoms with Gasteiger partial charge in [-0.3, -0.25) is 0 Å². The van der Waals surface area contributed by atoms with Gasteiger partial charge in [0, 0.05) is 18.0 Å². The van der Waals surface area contributed by atoms with Gasteiger partial charge in [-0.25, -0.2) is 17.4 Å². The Balaban J connectivity index is 2.41. The van der Waals surface area contributed by atoms with Crippen LogP contribution in [0.4, 0.5) is 0 Å². The number of aromatic nitrogens is 2. The molecular formula is C12H14N2O3S. The Labute approximate surface area is 106 Å². The van der Waals surface area contributed by atoms with Crippen LogP contribution in [0.25, 0.3) is 11.4 Å². The quantitative estimate of drug-likeness (QED) is 0.846. The normalized spacial score (nSPS) is 11.4. The lowest BCUT2D eigenvalue weighted by Gasteiger charge is -2.06. The molecule has 96 valence electrons. The summed E-state index contributed by atoms with van der Waals surface area (Å²) >= 11 is 0. The van der Waals surface area contributed by atoms with E-state index in [0.717, 1.165) is 21.5 Å². The fourth-order valence-electron chi connectivity index (χ4n) is 1.63. The van der Waals surface area contributed by atoms with Crippen molar-refractivity contribution in [2.45, 2.75) is 6.92 Å². The first-order chi connectivity index (χ1) is 8.52. The number of hydrogen-bond acceptors (Lipinski definition) is 4. The minimum Gasteiger partial charge on any atom is -0.494 e. The van der Waals surface area contributed by atoms with E-state index < -0.39 is 10.0 Å². The van der Waals surface area contributed by atoms with Crippen molar-refractivity contribution in [3.63, 3.8) is 0 Å². The first-order valence-electron chi connectivity index (χ1n) is 5.49. The summed E-state index contributed by atoms with van der Waals surface area (Å²) in [6.07, 6.45) is 4.04. The maximum Gasteiger partial charge on any atom is 0.237 e. The Morgan fingerprint density at radius 1 is 1.28 bits per heavy atom. The second-order valence-corrected chi connectivity index (χ2v) is 5.63. The lowest BCUT2D eigenvalue weighted by molar-refractivity contribution is 0.340. The van der Waals surface area contributed by atoms with E-state index >= 15 is 0 Å². The molecule has 5 nitrogen and oxygen atoms in total. The van der Waals surface area contributed by atoms with E-state index in [9.17, 15) is 8.42 Å². The van der Waals surface area contributed by atoms with Gasteiger partial charge in [-0.2, -0.15) is 0 Å². The van der Waals surface area contributed by atoms with Gasteiger partial charge in [0.2, 0.25) is 10.0 Å². The fourth-order valence-corrected chi connectivity index (χ4v) is 2.37. The molecule has 0 aliphatic rings. The second kappa shape index (κ2) is 4.81. The average Bonchev–Trinajstić information content (AvgIpc) is 2.79. The molecule has 0 bridgehead atoms. The molecule has 0 radical (unpaired) electrons. The van der Waals surface area contributed by atoms with Crippen LogP contribution in [0.15, 0.2) is 36.7 Å². The maximum absolute atomic E-state index is 11.6. The van der Waals surface area contributed by atoms with Crippen LogP contribution < -0.4 is 4.74 Å². The van der Waals surface area contributed by atoms with Crippen molar-refractivity contribution in [2.24, 2.45) is 0 Å². The Morgan fingerprint density at radius 3 is 2.50 bits per heavy atom.